The maximum Gasteiger partial charge on any atom is 0.237 e. The molecule has 6 heteroatoms. The predicted molar refractivity (Wildman–Crippen MR) is 128 cm³/mol. The van der Waals surface area contributed by atoms with Gasteiger partial charge in [-0.25, -0.2) is 0 Å². The summed E-state index contributed by atoms with van der Waals surface area (Å²) in [5.74, 6) is 0.513. The zero-order chi connectivity index (χ0) is 21.5. The van der Waals surface area contributed by atoms with Crippen LogP contribution in [-0.2, 0) is 16.0 Å². The molecular weight excluding hydrogens is 406 g/mol. The first kappa shape index (κ1) is 21.7. The Morgan fingerprint density at radius 1 is 1.03 bits per heavy atom. The molecule has 1 N–H and O–H groups in total. The van der Waals surface area contributed by atoms with E-state index in [4.69, 9.17) is 0 Å². The summed E-state index contributed by atoms with van der Waals surface area (Å²) in [4.78, 5) is 29.5. The summed E-state index contributed by atoms with van der Waals surface area (Å²) in [6, 6.07) is 18.2. The number of carbonyl (C=O) groups excluding carboxylic acids is 2. The van der Waals surface area contributed by atoms with Crippen LogP contribution >= 0.6 is 11.8 Å². The van der Waals surface area contributed by atoms with Crippen molar-refractivity contribution < 1.29 is 9.59 Å². The number of benzene rings is 2. The Morgan fingerprint density at radius 3 is 2.58 bits per heavy atom. The third-order valence-corrected chi connectivity index (χ3v) is 7.12. The predicted octanol–water partition coefficient (Wildman–Crippen LogP) is 3.53. The Bertz CT molecular complexity index is 923. The summed E-state index contributed by atoms with van der Waals surface area (Å²) < 4.78 is 0. The molecule has 162 valence electrons. The summed E-state index contributed by atoms with van der Waals surface area (Å²) in [6.07, 6.45) is 5.95. The average molecular weight is 436 g/mol. The van der Waals surface area contributed by atoms with Gasteiger partial charge in [-0.05, 0) is 30.0 Å². The lowest BCUT2D eigenvalue weighted by atomic mass is 10.1. The van der Waals surface area contributed by atoms with Gasteiger partial charge in [-0.1, -0.05) is 60.7 Å². The number of thioether (sulfide) groups is 1. The van der Waals surface area contributed by atoms with Crippen molar-refractivity contribution in [2.24, 2.45) is 0 Å². The van der Waals surface area contributed by atoms with E-state index in [1.165, 1.54) is 22.9 Å². The van der Waals surface area contributed by atoms with Crippen LogP contribution in [0.2, 0.25) is 0 Å². The van der Waals surface area contributed by atoms with Gasteiger partial charge in [0.1, 0.15) is 0 Å². The Balaban J connectivity index is 1.19. The highest BCUT2D eigenvalue weighted by Gasteiger charge is 2.26. The molecular formula is C25H29N3O2S. The molecule has 0 bridgehead atoms. The van der Waals surface area contributed by atoms with E-state index >= 15 is 0 Å². The van der Waals surface area contributed by atoms with E-state index in [0.29, 0.717) is 5.75 Å². The lowest BCUT2D eigenvalue weighted by Gasteiger charge is -2.34. The second kappa shape index (κ2) is 10.6. The number of nitrogens with zero attached hydrogens (tertiary/aromatic N) is 2. The van der Waals surface area contributed by atoms with Crippen LogP contribution in [0.5, 0.6) is 0 Å². The molecule has 1 atom stereocenters. The fourth-order valence-electron chi connectivity index (χ4n) is 4.00. The number of anilines is 1. The molecule has 0 saturated carbocycles. The van der Waals surface area contributed by atoms with Crippen molar-refractivity contribution in [3.63, 3.8) is 0 Å². The Kier molecular flexibility index (Phi) is 7.43. The molecule has 2 aromatic carbocycles. The number of rotatable bonds is 6. The summed E-state index contributed by atoms with van der Waals surface area (Å²) >= 11 is 1.48. The summed E-state index contributed by atoms with van der Waals surface area (Å²) in [5.41, 5.74) is 3.28. The minimum Gasteiger partial charge on any atom is -0.339 e. The highest BCUT2D eigenvalue weighted by molar-refractivity contribution is 8.01. The Labute approximate surface area is 188 Å². The number of hydrogen-bond donors (Lipinski definition) is 1. The molecule has 0 unspecified atom stereocenters. The fourth-order valence-corrected chi connectivity index (χ4v) is 5.02. The van der Waals surface area contributed by atoms with Gasteiger partial charge in [-0.2, -0.15) is 0 Å². The van der Waals surface area contributed by atoms with Gasteiger partial charge in [-0.15, -0.1) is 11.8 Å². The molecule has 2 aromatic rings. The van der Waals surface area contributed by atoms with Gasteiger partial charge in [0.05, 0.1) is 11.0 Å². The molecule has 4 rings (SSSR count). The SMILES string of the molecule is O=C1Nc2ccccc2CC[C@H]1SCC(=O)N1CCN(C/C=C/c2ccccc2)CC1. The molecule has 1 saturated heterocycles. The quantitative estimate of drug-likeness (QED) is 0.754. The van der Waals surface area contributed by atoms with Crippen LogP contribution in [-0.4, -0.2) is 65.3 Å². The molecule has 31 heavy (non-hydrogen) atoms. The monoisotopic (exact) mass is 435 g/mol. The Hall–Kier alpha value is -2.57. The van der Waals surface area contributed by atoms with Crippen LogP contribution in [0.4, 0.5) is 5.69 Å². The van der Waals surface area contributed by atoms with E-state index in [1.54, 1.807) is 0 Å². The normalized spacial score (nSPS) is 19.7. The van der Waals surface area contributed by atoms with E-state index in [-0.39, 0.29) is 17.1 Å². The summed E-state index contributed by atoms with van der Waals surface area (Å²) in [6.45, 7) is 4.17. The van der Waals surface area contributed by atoms with Crippen LogP contribution in [0.3, 0.4) is 0 Å². The molecule has 0 aromatic heterocycles. The second-order valence-electron chi connectivity index (χ2n) is 7.98. The molecule has 1 fully saturated rings. The standard InChI is InChI=1S/C25H29N3O2S/c29-24(19-31-23-13-12-21-10-4-5-11-22(21)26-25(23)30)28-17-15-27(16-18-28)14-6-9-20-7-2-1-3-8-20/h1-11,23H,12-19H2,(H,26,30)/b9-6+/t23-/m1/s1. The Morgan fingerprint density at radius 2 is 1.77 bits per heavy atom. The molecule has 2 amide bonds. The fraction of sp³-hybridized carbons (Fsp3) is 0.360. The number of nitrogens with one attached hydrogen (secondary N) is 1. The minimum absolute atomic E-state index is 0.0118. The summed E-state index contributed by atoms with van der Waals surface area (Å²) in [7, 11) is 0. The van der Waals surface area contributed by atoms with E-state index < -0.39 is 0 Å². The van der Waals surface area contributed by atoms with Gasteiger partial charge in [-0.3, -0.25) is 14.5 Å². The molecule has 2 aliphatic rings. The zero-order valence-electron chi connectivity index (χ0n) is 17.7. The van der Waals surface area contributed by atoms with Crippen LogP contribution in [0, 0.1) is 0 Å². The van der Waals surface area contributed by atoms with E-state index in [0.717, 1.165) is 51.3 Å². The number of fused-ring (bicyclic) bond motifs is 1. The van der Waals surface area contributed by atoms with Crippen LogP contribution in [0.25, 0.3) is 6.08 Å². The molecule has 0 radical (unpaired) electrons. The second-order valence-corrected chi connectivity index (χ2v) is 9.17. The van der Waals surface area contributed by atoms with Crippen molar-refractivity contribution in [3.8, 4) is 0 Å². The van der Waals surface area contributed by atoms with Gasteiger partial charge in [0.2, 0.25) is 11.8 Å². The van der Waals surface area contributed by atoms with Gasteiger partial charge in [0, 0.05) is 38.4 Å². The molecule has 0 spiro atoms. The first-order valence-corrected chi connectivity index (χ1v) is 12.0. The molecule has 2 heterocycles. The van der Waals surface area contributed by atoms with Crippen molar-refractivity contribution in [3.05, 3.63) is 71.8 Å². The van der Waals surface area contributed by atoms with Gasteiger partial charge in [0.15, 0.2) is 0 Å². The zero-order valence-corrected chi connectivity index (χ0v) is 18.5. The lowest BCUT2D eigenvalue weighted by molar-refractivity contribution is -0.130. The van der Waals surface area contributed by atoms with Crippen molar-refractivity contribution in [2.45, 2.75) is 18.1 Å². The van der Waals surface area contributed by atoms with Gasteiger partial charge < -0.3 is 10.2 Å². The molecule has 5 nitrogen and oxygen atoms in total. The van der Waals surface area contributed by atoms with E-state index in [9.17, 15) is 9.59 Å². The smallest absolute Gasteiger partial charge is 0.237 e. The number of carbonyl (C=O) groups is 2. The molecule has 0 aliphatic carbocycles. The number of piperazine rings is 1. The van der Waals surface area contributed by atoms with Gasteiger partial charge in [0.25, 0.3) is 0 Å². The summed E-state index contributed by atoms with van der Waals surface area (Å²) in [5, 5.41) is 2.84. The average Bonchev–Trinajstić information content (AvgIpc) is 2.96. The first-order valence-electron chi connectivity index (χ1n) is 10.9. The van der Waals surface area contributed by atoms with Crippen LogP contribution in [0.15, 0.2) is 60.7 Å². The van der Waals surface area contributed by atoms with Crippen molar-refractivity contribution >= 4 is 35.3 Å². The molecule has 2 aliphatic heterocycles. The first-order chi connectivity index (χ1) is 15.2. The van der Waals surface area contributed by atoms with Crippen molar-refractivity contribution in [1.29, 1.82) is 0 Å². The van der Waals surface area contributed by atoms with Crippen molar-refractivity contribution in [1.82, 2.24) is 9.80 Å². The topological polar surface area (TPSA) is 52.7 Å². The number of amides is 2. The highest BCUT2D eigenvalue weighted by atomic mass is 32.2. The maximum atomic E-state index is 12.7. The van der Waals surface area contributed by atoms with Crippen molar-refractivity contribution in [2.75, 3.05) is 43.8 Å². The third kappa shape index (κ3) is 5.99. The number of aryl methyl sites for hydroxylation is 1. The minimum atomic E-state index is -0.180. The highest BCUT2D eigenvalue weighted by Crippen LogP contribution is 2.27. The van der Waals surface area contributed by atoms with E-state index in [2.05, 4.69) is 40.6 Å². The maximum absolute atomic E-state index is 12.7. The number of hydrogen-bond acceptors (Lipinski definition) is 4. The van der Waals surface area contributed by atoms with Crippen LogP contribution < -0.4 is 5.32 Å². The third-order valence-electron chi connectivity index (χ3n) is 5.85. The number of para-hydroxylation sites is 1. The van der Waals surface area contributed by atoms with Gasteiger partial charge >= 0.3 is 0 Å². The van der Waals surface area contributed by atoms with E-state index in [1.807, 2.05) is 41.3 Å². The lowest BCUT2D eigenvalue weighted by Crippen LogP contribution is -2.49. The van der Waals surface area contributed by atoms with Crippen LogP contribution in [0.1, 0.15) is 17.5 Å². The largest absolute Gasteiger partial charge is 0.339 e.